The zero-order valence-corrected chi connectivity index (χ0v) is 54.8. The van der Waals surface area contributed by atoms with Crippen molar-refractivity contribution >= 4 is 98.8 Å². The van der Waals surface area contributed by atoms with Crippen LogP contribution in [0.2, 0.25) is 0 Å². The summed E-state index contributed by atoms with van der Waals surface area (Å²) in [5.74, 6) is 0. The number of hydrogen-bond donors (Lipinski definition) is 0. The van der Waals surface area contributed by atoms with Crippen molar-refractivity contribution in [3.63, 3.8) is 0 Å². The second-order valence-electron chi connectivity index (χ2n) is 28.9. The standard InChI is InChI=1S/C94H68N2/c1-91(2)77-37-21-19-31-69(77)71-47-45-65(53-81(71)91)95(63-43-39-57-23-7-9-27-61(57)51-63)85-55-83-89(75-35-17-15-33-73(75)85)87-67-29-13-11-25-59(67)41-49-79(87)93(83,5)94(6)80-50-42-60-26-12-14-30-68(60)88(80)90-76-36-18-16-34-74(76)86(56-84(90)94)96(64-44-40-58-24-8-10-28-62(58)52-64)66-46-48-72-70-32-20-22-38-78(70)92(3,4)82(72)54-66/h7-56H,1-6H3. The van der Waals surface area contributed by atoms with Gasteiger partial charge in [0.05, 0.1) is 11.4 Å². The largest absolute Gasteiger partial charge is 0.310 e. The molecule has 0 N–H and O–H groups in total. The Labute approximate surface area is 560 Å². The molecule has 0 radical (unpaired) electrons. The molecule has 96 heavy (non-hydrogen) atoms. The lowest BCUT2D eigenvalue weighted by molar-refractivity contribution is 0.376. The molecule has 20 rings (SSSR count). The first-order chi connectivity index (χ1) is 46.9. The van der Waals surface area contributed by atoms with Gasteiger partial charge < -0.3 is 9.80 Å². The lowest BCUT2D eigenvalue weighted by atomic mass is 9.56. The topological polar surface area (TPSA) is 6.48 Å². The minimum atomic E-state index is -0.712. The molecule has 16 aromatic carbocycles. The summed E-state index contributed by atoms with van der Waals surface area (Å²) in [5.41, 5.74) is 26.2. The van der Waals surface area contributed by atoms with Crippen LogP contribution in [0.4, 0.5) is 34.1 Å². The normalized spacial score (nSPS) is 17.1. The summed E-state index contributed by atoms with van der Waals surface area (Å²) in [6, 6.07) is 117. The van der Waals surface area contributed by atoms with E-state index in [9.17, 15) is 0 Å². The van der Waals surface area contributed by atoms with Gasteiger partial charge in [-0.25, -0.2) is 0 Å². The highest BCUT2D eigenvalue weighted by atomic mass is 15.2. The first-order valence-corrected chi connectivity index (χ1v) is 34.1. The van der Waals surface area contributed by atoms with Crippen LogP contribution < -0.4 is 9.80 Å². The molecule has 2 nitrogen and oxygen atoms in total. The number of nitrogens with zero attached hydrogens (tertiary/aromatic N) is 2. The molecule has 0 fully saturated rings. The van der Waals surface area contributed by atoms with E-state index < -0.39 is 10.8 Å². The predicted molar refractivity (Wildman–Crippen MR) is 406 cm³/mol. The summed E-state index contributed by atoms with van der Waals surface area (Å²) in [5, 5.41) is 14.8. The number of hydrogen-bond acceptors (Lipinski definition) is 2. The molecule has 0 amide bonds. The summed E-state index contributed by atoms with van der Waals surface area (Å²) >= 11 is 0. The third-order valence-electron chi connectivity index (χ3n) is 23.7. The van der Waals surface area contributed by atoms with E-state index in [1.807, 2.05) is 0 Å². The van der Waals surface area contributed by atoms with Gasteiger partial charge in [-0.15, -0.1) is 0 Å². The average Bonchev–Trinajstić information content (AvgIpc) is 1.48. The minimum Gasteiger partial charge on any atom is -0.310 e. The highest BCUT2D eigenvalue weighted by Crippen LogP contribution is 2.70. The second kappa shape index (κ2) is 19.6. The van der Waals surface area contributed by atoms with Crippen molar-refractivity contribution in [1.82, 2.24) is 0 Å². The molecular weight excluding hydrogens is 1160 g/mol. The monoisotopic (exact) mass is 1220 g/mol. The van der Waals surface area contributed by atoms with E-state index in [-0.39, 0.29) is 10.8 Å². The van der Waals surface area contributed by atoms with E-state index in [0.29, 0.717) is 0 Å². The van der Waals surface area contributed by atoms with Crippen LogP contribution in [-0.2, 0) is 21.7 Å². The van der Waals surface area contributed by atoms with E-state index in [2.05, 4.69) is 355 Å². The van der Waals surface area contributed by atoms with E-state index in [1.165, 1.54) is 154 Å². The summed E-state index contributed by atoms with van der Waals surface area (Å²) in [6.07, 6.45) is 0. The van der Waals surface area contributed by atoms with E-state index in [1.54, 1.807) is 0 Å². The highest BCUT2D eigenvalue weighted by molar-refractivity contribution is 6.19. The molecular formula is C94H68N2. The van der Waals surface area contributed by atoms with Gasteiger partial charge in [0.2, 0.25) is 0 Å². The highest BCUT2D eigenvalue weighted by Gasteiger charge is 2.59. The molecule has 0 aromatic heterocycles. The van der Waals surface area contributed by atoms with Gasteiger partial charge in [0.15, 0.2) is 0 Å². The third-order valence-corrected chi connectivity index (χ3v) is 23.7. The van der Waals surface area contributed by atoms with Crippen LogP contribution in [0.1, 0.15) is 86.1 Å². The molecule has 454 valence electrons. The first-order valence-electron chi connectivity index (χ1n) is 34.1. The molecule has 0 heterocycles. The maximum absolute atomic E-state index is 2.66. The molecule has 4 aliphatic carbocycles. The molecule has 2 unspecified atom stereocenters. The van der Waals surface area contributed by atoms with Gasteiger partial charge in [-0.2, -0.15) is 0 Å². The lowest BCUT2D eigenvalue weighted by Gasteiger charge is -2.46. The SMILES string of the molecule is CC1(C)c2ccccc2-c2ccc(N(c3ccc4ccccc4c3)c3cc4c(c5ccccc35)-c3c(ccc5ccccc35)C4(C)C3(C)c4ccc5ccccc5c4-c4c3cc(N(c3ccc5c(c3)C(C)(C)c3ccccc3-5)c3ccc5ccccc5c3)c3ccccc43)cc21. The fraction of sp³-hybridized carbons (Fsp3) is 0.106. The van der Waals surface area contributed by atoms with E-state index in [0.717, 1.165) is 34.1 Å². The Morgan fingerprint density at radius 3 is 0.927 bits per heavy atom. The quantitative estimate of drug-likeness (QED) is 0.157. The average molecular weight is 1230 g/mol. The summed E-state index contributed by atoms with van der Waals surface area (Å²) in [6.45, 7) is 14.9. The molecule has 2 atom stereocenters. The Kier molecular flexibility index (Phi) is 11.3. The van der Waals surface area contributed by atoms with Crippen LogP contribution in [0.5, 0.6) is 0 Å². The van der Waals surface area contributed by atoms with Gasteiger partial charge in [-0.1, -0.05) is 284 Å². The Bertz CT molecular complexity index is 5730. The molecule has 0 spiro atoms. The zero-order valence-electron chi connectivity index (χ0n) is 54.8. The Balaban J connectivity index is 0.907. The Morgan fingerprint density at radius 1 is 0.198 bits per heavy atom. The van der Waals surface area contributed by atoms with Crippen LogP contribution in [0.25, 0.3) is 109 Å². The van der Waals surface area contributed by atoms with Crippen LogP contribution in [-0.4, -0.2) is 0 Å². The number of fused-ring (bicyclic) bond motifs is 22. The third kappa shape index (κ3) is 7.26. The van der Waals surface area contributed by atoms with Crippen LogP contribution in [0.15, 0.2) is 303 Å². The number of rotatable bonds is 7. The number of anilines is 6. The molecule has 2 heteroatoms. The molecule has 0 bridgehead atoms. The van der Waals surface area contributed by atoms with Crippen LogP contribution >= 0.6 is 0 Å². The fourth-order valence-electron chi connectivity index (χ4n) is 18.8. The van der Waals surface area contributed by atoms with Crippen molar-refractivity contribution in [1.29, 1.82) is 0 Å². The minimum absolute atomic E-state index is 0.212. The maximum Gasteiger partial charge on any atom is 0.0543 e. The van der Waals surface area contributed by atoms with Crippen molar-refractivity contribution in [3.05, 3.63) is 348 Å². The summed E-state index contributed by atoms with van der Waals surface area (Å²) < 4.78 is 0. The Hall–Kier alpha value is -11.3. The van der Waals surface area contributed by atoms with Crippen molar-refractivity contribution in [2.24, 2.45) is 0 Å². The fourth-order valence-corrected chi connectivity index (χ4v) is 18.8. The molecule has 0 saturated carbocycles. The summed E-state index contributed by atoms with van der Waals surface area (Å²) in [4.78, 5) is 5.21. The Morgan fingerprint density at radius 2 is 0.500 bits per heavy atom. The van der Waals surface area contributed by atoms with Crippen molar-refractivity contribution in [3.8, 4) is 44.5 Å². The van der Waals surface area contributed by atoms with Crippen molar-refractivity contribution in [2.75, 3.05) is 9.80 Å². The lowest BCUT2D eigenvalue weighted by Crippen LogP contribution is -2.44. The molecule has 0 saturated heterocycles. The van der Waals surface area contributed by atoms with Gasteiger partial charge in [0.1, 0.15) is 0 Å². The summed E-state index contributed by atoms with van der Waals surface area (Å²) in [7, 11) is 0. The van der Waals surface area contributed by atoms with Gasteiger partial charge in [-0.3, -0.25) is 0 Å². The first kappa shape index (κ1) is 55.2. The van der Waals surface area contributed by atoms with Crippen LogP contribution in [0.3, 0.4) is 0 Å². The molecule has 0 aliphatic heterocycles. The van der Waals surface area contributed by atoms with Crippen molar-refractivity contribution < 1.29 is 0 Å². The molecule has 16 aromatic rings. The predicted octanol–water partition coefficient (Wildman–Crippen LogP) is 25.4. The van der Waals surface area contributed by atoms with Gasteiger partial charge in [0, 0.05) is 55.2 Å². The zero-order chi connectivity index (χ0) is 64.1. The van der Waals surface area contributed by atoms with Gasteiger partial charge >= 0.3 is 0 Å². The second-order valence-corrected chi connectivity index (χ2v) is 28.9. The molecule has 4 aliphatic rings. The van der Waals surface area contributed by atoms with Gasteiger partial charge in [-0.05, 0) is 204 Å². The smallest absolute Gasteiger partial charge is 0.0543 e. The van der Waals surface area contributed by atoms with E-state index in [4.69, 9.17) is 0 Å². The van der Waals surface area contributed by atoms with Crippen molar-refractivity contribution in [2.45, 2.75) is 63.2 Å². The van der Waals surface area contributed by atoms with Crippen LogP contribution in [0, 0.1) is 0 Å². The maximum atomic E-state index is 2.66. The number of benzene rings is 16. The van der Waals surface area contributed by atoms with Gasteiger partial charge in [0.25, 0.3) is 0 Å². The van der Waals surface area contributed by atoms with E-state index >= 15 is 0 Å².